The van der Waals surface area contributed by atoms with Gasteiger partial charge >= 0.3 is 0 Å². The maximum absolute atomic E-state index is 11.7. The Hall–Kier alpha value is -2.27. The maximum atomic E-state index is 11.7. The molecule has 0 saturated carbocycles. The minimum Gasteiger partial charge on any atom is -0.497 e. The first-order valence-corrected chi connectivity index (χ1v) is 7.90. The number of thioether (sulfide) groups is 1. The molecule has 2 aromatic rings. The highest BCUT2D eigenvalue weighted by Gasteiger charge is 2.00. The Bertz CT molecular complexity index is 630. The average molecular weight is 314 g/mol. The summed E-state index contributed by atoms with van der Waals surface area (Å²) < 4.78 is 5.13. The fourth-order valence-electron chi connectivity index (χ4n) is 1.73. The zero-order valence-electron chi connectivity index (χ0n) is 12.4. The first-order chi connectivity index (χ1) is 10.8. The molecule has 0 aliphatic heterocycles. The van der Waals surface area contributed by atoms with E-state index in [1.165, 1.54) is 0 Å². The van der Waals surface area contributed by atoms with Crippen LogP contribution < -0.4 is 10.2 Å². The maximum Gasteiger partial charge on any atom is 0.240 e. The summed E-state index contributed by atoms with van der Waals surface area (Å²) in [7, 11) is 1.61. The Balaban J connectivity index is 1.72. The summed E-state index contributed by atoms with van der Waals surface area (Å²) in [4.78, 5) is 12.8. The largest absolute Gasteiger partial charge is 0.497 e. The number of benzene rings is 2. The van der Waals surface area contributed by atoms with Crippen molar-refractivity contribution in [3.63, 3.8) is 0 Å². The zero-order valence-corrected chi connectivity index (χ0v) is 13.2. The number of methoxy groups -OCH3 is 1. The zero-order chi connectivity index (χ0) is 15.6. The molecule has 5 heteroatoms. The Morgan fingerprint density at radius 2 is 2.05 bits per heavy atom. The van der Waals surface area contributed by atoms with Gasteiger partial charge in [0, 0.05) is 17.1 Å². The highest BCUT2D eigenvalue weighted by Crippen LogP contribution is 2.17. The van der Waals surface area contributed by atoms with Crippen molar-refractivity contribution in [2.24, 2.45) is 5.10 Å². The minimum atomic E-state index is -0.0948. The Labute approximate surface area is 134 Å². The van der Waals surface area contributed by atoms with E-state index in [-0.39, 0.29) is 5.91 Å². The number of amides is 1. The van der Waals surface area contributed by atoms with Gasteiger partial charge in [-0.3, -0.25) is 4.79 Å². The minimum absolute atomic E-state index is 0.0948. The Kier molecular flexibility index (Phi) is 6.51. The van der Waals surface area contributed by atoms with Crippen LogP contribution in [0.15, 0.2) is 64.6 Å². The number of hydrogen-bond donors (Lipinski definition) is 1. The van der Waals surface area contributed by atoms with E-state index in [0.29, 0.717) is 6.42 Å². The van der Waals surface area contributed by atoms with Gasteiger partial charge in [-0.2, -0.15) is 5.10 Å². The van der Waals surface area contributed by atoms with Crippen LogP contribution in [0.5, 0.6) is 5.75 Å². The number of ether oxygens (including phenoxy) is 1. The van der Waals surface area contributed by atoms with Crippen molar-refractivity contribution >= 4 is 23.9 Å². The lowest BCUT2D eigenvalue weighted by molar-refractivity contribution is -0.120. The number of hydrazone groups is 1. The fraction of sp³-hybridized carbons (Fsp3) is 0.176. The SMILES string of the molecule is COc1cccc(/C=N\NC(=O)CCSc2ccccc2)c1. The third kappa shape index (κ3) is 5.61. The number of carbonyl (C=O) groups excluding carboxylic acids is 1. The van der Waals surface area contributed by atoms with Gasteiger partial charge in [0.05, 0.1) is 13.3 Å². The van der Waals surface area contributed by atoms with Crippen molar-refractivity contribution in [3.05, 3.63) is 60.2 Å². The lowest BCUT2D eigenvalue weighted by atomic mass is 10.2. The molecule has 0 heterocycles. The van der Waals surface area contributed by atoms with Crippen molar-refractivity contribution in [2.45, 2.75) is 11.3 Å². The lowest BCUT2D eigenvalue weighted by Crippen LogP contribution is -2.17. The number of rotatable bonds is 7. The van der Waals surface area contributed by atoms with E-state index in [4.69, 9.17) is 4.74 Å². The molecule has 0 aliphatic carbocycles. The molecule has 22 heavy (non-hydrogen) atoms. The summed E-state index contributed by atoms with van der Waals surface area (Å²) in [5.74, 6) is 1.39. The van der Waals surface area contributed by atoms with Gasteiger partial charge in [-0.25, -0.2) is 5.43 Å². The van der Waals surface area contributed by atoms with Crippen LogP contribution in [-0.2, 0) is 4.79 Å². The molecule has 0 unspecified atom stereocenters. The number of carbonyl (C=O) groups is 1. The van der Waals surface area contributed by atoms with Gasteiger partial charge < -0.3 is 4.74 Å². The van der Waals surface area contributed by atoms with Crippen LogP contribution in [-0.4, -0.2) is 25.0 Å². The van der Waals surface area contributed by atoms with E-state index in [9.17, 15) is 4.79 Å². The van der Waals surface area contributed by atoms with E-state index in [1.54, 1.807) is 25.1 Å². The van der Waals surface area contributed by atoms with Crippen molar-refractivity contribution in [2.75, 3.05) is 12.9 Å². The molecule has 1 N–H and O–H groups in total. The summed E-state index contributed by atoms with van der Waals surface area (Å²) in [6, 6.07) is 17.5. The third-order valence-electron chi connectivity index (χ3n) is 2.84. The molecule has 114 valence electrons. The van der Waals surface area contributed by atoms with Crippen LogP contribution in [0.1, 0.15) is 12.0 Å². The molecule has 2 aromatic carbocycles. The predicted octanol–water partition coefficient (Wildman–Crippen LogP) is 3.33. The highest BCUT2D eigenvalue weighted by molar-refractivity contribution is 7.99. The number of nitrogens with zero attached hydrogens (tertiary/aromatic N) is 1. The summed E-state index contributed by atoms with van der Waals surface area (Å²) in [5.41, 5.74) is 3.40. The molecule has 0 aromatic heterocycles. The number of nitrogens with one attached hydrogen (secondary N) is 1. The monoisotopic (exact) mass is 314 g/mol. The summed E-state index contributed by atoms with van der Waals surface area (Å²) in [6.45, 7) is 0. The summed E-state index contributed by atoms with van der Waals surface area (Å²) in [5, 5.41) is 3.95. The van der Waals surface area contributed by atoms with Gasteiger partial charge in [0.25, 0.3) is 0 Å². The molecule has 4 nitrogen and oxygen atoms in total. The normalized spacial score (nSPS) is 10.6. The van der Waals surface area contributed by atoms with E-state index < -0.39 is 0 Å². The third-order valence-corrected chi connectivity index (χ3v) is 3.85. The van der Waals surface area contributed by atoms with E-state index >= 15 is 0 Å². The Morgan fingerprint density at radius 3 is 2.82 bits per heavy atom. The molecular weight excluding hydrogens is 296 g/mol. The number of hydrogen-bond acceptors (Lipinski definition) is 4. The van der Waals surface area contributed by atoms with E-state index in [1.807, 2.05) is 54.6 Å². The smallest absolute Gasteiger partial charge is 0.240 e. The lowest BCUT2D eigenvalue weighted by Gasteiger charge is -2.01. The van der Waals surface area contributed by atoms with Gasteiger partial charge in [-0.1, -0.05) is 30.3 Å². The second kappa shape index (κ2) is 8.89. The highest BCUT2D eigenvalue weighted by atomic mass is 32.2. The summed E-state index contributed by atoms with van der Waals surface area (Å²) in [6.07, 6.45) is 2.03. The van der Waals surface area contributed by atoms with E-state index in [2.05, 4.69) is 10.5 Å². The molecule has 0 spiro atoms. The second-order valence-electron chi connectivity index (χ2n) is 4.48. The molecule has 0 bridgehead atoms. The molecular formula is C17H18N2O2S. The van der Waals surface area contributed by atoms with Gasteiger partial charge in [-0.05, 0) is 29.8 Å². The van der Waals surface area contributed by atoms with Gasteiger partial charge in [-0.15, -0.1) is 11.8 Å². The molecule has 0 atom stereocenters. The molecule has 0 saturated heterocycles. The van der Waals surface area contributed by atoms with Crippen LogP contribution >= 0.6 is 11.8 Å². The van der Waals surface area contributed by atoms with Gasteiger partial charge in [0.2, 0.25) is 5.91 Å². The molecule has 0 aliphatic rings. The van der Waals surface area contributed by atoms with Crippen LogP contribution in [0.25, 0.3) is 0 Å². The van der Waals surface area contributed by atoms with E-state index in [0.717, 1.165) is 22.0 Å². The first kappa shape index (κ1) is 16.1. The standard InChI is InChI=1S/C17H18N2O2S/c1-21-15-7-5-6-14(12-15)13-18-19-17(20)10-11-22-16-8-3-2-4-9-16/h2-9,12-13H,10-11H2,1H3,(H,19,20)/b18-13-. The van der Waals surface area contributed by atoms with Crippen LogP contribution in [0, 0.1) is 0 Å². The van der Waals surface area contributed by atoms with Gasteiger partial charge in [0.15, 0.2) is 0 Å². The Morgan fingerprint density at radius 1 is 1.23 bits per heavy atom. The quantitative estimate of drug-likeness (QED) is 0.484. The first-order valence-electron chi connectivity index (χ1n) is 6.92. The van der Waals surface area contributed by atoms with Crippen molar-refractivity contribution in [3.8, 4) is 5.75 Å². The van der Waals surface area contributed by atoms with Crippen LogP contribution in [0.3, 0.4) is 0 Å². The average Bonchev–Trinajstić information content (AvgIpc) is 2.56. The summed E-state index contributed by atoms with van der Waals surface area (Å²) >= 11 is 1.65. The van der Waals surface area contributed by atoms with Crippen LogP contribution in [0.2, 0.25) is 0 Å². The molecule has 0 radical (unpaired) electrons. The topological polar surface area (TPSA) is 50.7 Å². The molecule has 2 rings (SSSR count). The van der Waals surface area contributed by atoms with Crippen LogP contribution in [0.4, 0.5) is 0 Å². The molecule has 0 fully saturated rings. The van der Waals surface area contributed by atoms with Crippen molar-refractivity contribution < 1.29 is 9.53 Å². The van der Waals surface area contributed by atoms with Gasteiger partial charge in [0.1, 0.15) is 5.75 Å². The predicted molar refractivity (Wildman–Crippen MR) is 90.5 cm³/mol. The fourth-order valence-corrected chi connectivity index (χ4v) is 2.61. The molecule has 1 amide bonds. The van der Waals surface area contributed by atoms with Crippen molar-refractivity contribution in [1.82, 2.24) is 5.43 Å². The van der Waals surface area contributed by atoms with Crippen molar-refractivity contribution in [1.29, 1.82) is 0 Å². The second-order valence-corrected chi connectivity index (χ2v) is 5.65.